The van der Waals surface area contributed by atoms with Crippen molar-refractivity contribution in [2.45, 2.75) is 50.4 Å². The Morgan fingerprint density at radius 1 is 0.659 bits per heavy atom. The predicted octanol–water partition coefficient (Wildman–Crippen LogP) is 8.94. The van der Waals surface area contributed by atoms with Crippen molar-refractivity contribution in [1.82, 2.24) is 19.4 Å². The van der Waals surface area contributed by atoms with Crippen LogP contribution in [0.5, 0.6) is 0 Å². The van der Waals surface area contributed by atoms with E-state index in [-0.39, 0.29) is 5.41 Å². The molecule has 4 nitrogen and oxygen atoms in total. The highest BCUT2D eigenvalue weighted by Gasteiger charge is 2.37. The number of para-hydroxylation sites is 2. The maximum atomic E-state index is 5.37. The van der Waals surface area contributed by atoms with Crippen LogP contribution >= 0.6 is 0 Å². The molecule has 2 unspecified atom stereocenters. The molecule has 2 aliphatic rings. The molecular weight excluding hydrogens is 500 g/mol. The second-order valence-corrected chi connectivity index (χ2v) is 12.5. The van der Waals surface area contributed by atoms with Crippen LogP contribution in [0, 0.1) is 0 Å². The quantitative estimate of drug-likeness (QED) is 0.214. The van der Waals surface area contributed by atoms with Gasteiger partial charge in [0.1, 0.15) is 5.65 Å². The van der Waals surface area contributed by atoms with Gasteiger partial charge in [-0.2, -0.15) is 0 Å². The largest absolute Gasteiger partial charge is 0.290 e. The molecule has 2 atom stereocenters. The first-order valence-electron chi connectivity index (χ1n) is 14.8. The highest BCUT2D eigenvalue weighted by atomic mass is 15.0. The van der Waals surface area contributed by atoms with E-state index in [4.69, 9.17) is 15.0 Å². The van der Waals surface area contributed by atoms with E-state index < -0.39 is 0 Å². The molecule has 1 saturated carbocycles. The van der Waals surface area contributed by atoms with Crippen LogP contribution < -0.4 is 0 Å². The monoisotopic (exact) mass is 530 g/mol. The van der Waals surface area contributed by atoms with Crippen molar-refractivity contribution in [3.63, 3.8) is 0 Å². The SMILES string of the molecule is CC(C)(c1cccc(-c2ccc3c(c2)C2CCC3C2)n1)c1ccc2c(n1)c1ccccc1c1nc3ccccc3n21. The summed E-state index contributed by atoms with van der Waals surface area (Å²) in [6.07, 6.45) is 4.03. The molecule has 4 heteroatoms. The number of imidazole rings is 1. The first kappa shape index (κ1) is 23.2. The molecule has 0 amide bonds. The molecule has 2 bridgehead atoms. The topological polar surface area (TPSA) is 43.1 Å². The highest BCUT2D eigenvalue weighted by molar-refractivity contribution is 6.12. The Labute approximate surface area is 238 Å². The summed E-state index contributed by atoms with van der Waals surface area (Å²) in [5.74, 6) is 1.52. The number of nitrogens with zero attached hydrogens (tertiary/aromatic N) is 4. The second-order valence-electron chi connectivity index (χ2n) is 12.5. The first-order valence-corrected chi connectivity index (χ1v) is 14.8. The van der Waals surface area contributed by atoms with E-state index in [2.05, 4.69) is 109 Å². The van der Waals surface area contributed by atoms with Gasteiger partial charge in [0.05, 0.1) is 39.1 Å². The summed E-state index contributed by atoms with van der Waals surface area (Å²) in [6.45, 7) is 4.48. The lowest BCUT2D eigenvalue weighted by Gasteiger charge is -2.25. The molecular formula is C37H30N4. The summed E-state index contributed by atoms with van der Waals surface area (Å²) in [6, 6.07) is 34.7. The van der Waals surface area contributed by atoms with E-state index >= 15 is 0 Å². The molecule has 0 spiro atoms. The predicted molar refractivity (Wildman–Crippen MR) is 167 cm³/mol. The lowest BCUT2D eigenvalue weighted by molar-refractivity contribution is 0.599. The van der Waals surface area contributed by atoms with E-state index in [1.165, 1.54) is 24.8 Å². The molecule has 2 aliphatic carbocycles. The summed E-state index contributed by atoms with van der Waals surface area (Å²) in [7, 11) is 0. The Bertz CT molecular complexity index is 2190. The van der Waals surface area contributed by atoms with Gasteiger partial charge in [0.15, 0.2) is 0 Å². The molecule has 0 saturated heterocycles. The Morgan fingerprint density at radius 3 is 2.34 bits per heavy atom. The van der Waals surface area contributed by atoms with Gasteiger partial charge in [-0.05, 0) is 98.5 Å². The number of pyridine rings is 3. The summed E-state index contributed by atoms with van der Waals surface area (Å²) in [5.41, 5.74) is 12.2. The Kier molecular flexibility index (Phi) is 4.65. The van der Waals surface area contributed by atoms with Crippen molar-refractivity contribution >= 4 is 38.5 Å². The summed E-state index contributed by atoms with van der Waals surface area (Å²) >= 11 is 0. The van der Waals surface area contributed by atoms with Gasteiger partial charge >= 0.3 is 0 Å². The van der Waals surface area contributed by atoms with Gasteiger partial charge in [-0.1, -0.05) is 54.6 Å². The minimum Gasteiger partial charge on any atom is -0.290 e. The van der Waals surface area contributed by atoms with Crippen LogP contribution in [0.2, 0.25) is 0 Å². The third-order valence-corrected chi connectivity index (χ3v) is 9.82. The van der Waals surface area contributed by atoms with Gasteiger partial charge in [0.25, 0.3) is 0 Å². The average Bonchev–Trinajstić information content (AvgIpc) is 3.75. The number of benzene rings is 3. The molecule has 0 N–H and O–H groups in total. The zero-order chi connectivity index (χ0) is 27.3. The summed E-state index contributed by atoms with van der Waals surface area (Å²) < 4.78 is 2.26. The Hall–Kier alpha value is -4.57. The van der Waals surface area contributed by atoms with Crippen molar-refractivity contribution in [1.29, 1.82) is 0 Å². The molecule has 1 fully saturated rings. The standard InChI is InChI=1S/C37H30N4/c1-37(2,33-13-7-11-29(38-33)24-16-17-25-22-14-15-23(20-22)28(25)21-24)34-19-18-32-35(40-34)26-8-3-4-9-27(26)36-39-30-10-5-6-12-31(30)41(32)36/h3-13,16-19,21-23H,14-15,20H2,1-2H3. The maximum Gasteiger partial charge on any atom is 0.146 e. The van der Waals surface area contributed by atoms with Crippen molar-refractivity contribution < 1.29 is 0 Å². The normalized spacial score (nSPS) is 18.2. The van der Waals surface area contributed by atoms with Crippen LogP contribution in [-0.2, 0) is 5.41 Å². The van der Waals surface area contributed by atoms with Crippen molar-refractivity contribution in [2.24, 2.45) is 0 Å². The van der Waals surface area contributed by atoms with Crippen molar-refractivity contribution in [2.75, 3.05) is 0 Å². The first-order chi connectivity index (χ1) is 20.1. The van der Waals surface area contributed by atoms with Gasteiger partial charge in [-0.25, -0.2) is 9.97 Å². The van der Waals surface area contributed by atoms with Gasteiger partial charge in [-0.15, -0.1) is 0 Å². The zero-order valence-corrected chi connectivity index (χ0v) is 23.3. The zero-order valence-electron chi connectivity index (χ0n) is 23.3. The highest BCUT2D eigenvalue weighted by Crippen LogP contribution is 2.53. The molecule has 0 aliphatic heterocycles. The molecule has 9 rings (SSSR count). The van der Waals surface area contributed by atoms with Crippen molar-refractivity contribution in [3.8, 4) is 11.3 Å². The van der Waals surface area contributed by atoms with E-state index in [9.17, 15) is 0 Å². The smallest absolute Gasteiger partial charge is 0.146 e. The fourth-order valence-corrected chi connectivity index (χ4v) is 7.59. The lowest BCUT2D eigenvalue weighted by atomic mass is 9.84. The van der Waals surface area contributed by atoms with Crippen LogP contribution in [0.3, 0.4) is 0 Å². The molecule has 4 heterocycles. The van der Waals surface area contributed by atoms with E-state index in [1.54, 1.807) is 11.1 Å². The number of hydrogen-bond donors (Lipinski definition) is 0. The van der Waals surface area contributed by atoms with Gasteiger partial charge in [0, 0.05) is 21.8 Å². The minimum absolute atomic E-state index is 0.382. The number of fused-ring (bicyclic) bond motifs is 13. The number of hydrogen-bond acceptors (Lipinski definition) is 3. The van der Waals surface area contributed by atoms with Crippen LogP contribution in [0.25, 0.3) is 49.7 Å². The lowest BCUT2D eigenvalue weighted by Crippen LogP contribution is -2.22. The van der Waals surface area contributed by atoms with Gasteiger partial charge in [0.2, 0.25) is 0 Å². The summed E-state index contributed by atoms with van der Waals surface area (Å²) in [4.78, 5) is 15.6. The van der Waals surface area contributed by atoms with Crippen LogP contribution in [-0.4, -0.2) is 19.4 Å². The third kappa shape index (κ3) is 3.25. The second kappa shape index (κ2) is 8.23. The van der Waals surface area contributed by atoms with Gasteiger partial charge in [-0.3, -0.25) is 9.38 Å². The van der Waals surface area contributed by atoms with E-state index in [1.807, 2.05) is 6.07 Å². The molecule has 7 aromatic rings. The number of aromatic nitrogens is 4. The Balaban J connectivity index is 1.20. The summed E-state index contributed by atoms with van der Waals surface area (Å²) in [5, 5.41) is 2.24. The Morgan fingerprint density at radius 2 is 1.44 bits per heavy atom. The van der Waals surface area contributed by atoms with Crippen molar-refractivity contribution in [3.05, 3.63) is 120 Å². The van der Waals surface area contributed by atoms with Crippen LogP contribution in [0.15, 0.2) is 97.1 Å². The van der Waals surface area contributed by atoms with Crippen LogP contribution in [0.1, 0.15) is 67.5 Å². The molecule has 0 radical (unpaired) electrons. The minimum atomic E-state index is -0.382. The molecule has 4 aromatic heterocycles. The van der Waals surface area contributed by atoms with Crippen LogP contribution in [0.4, 0.5) is 0 Å². The molecule has 198 valence electrons. The van der Waals surface area contributed by atoms with Gasteiger partial charge < -0.3 is 0 Å². The molecule has 3 aromatic carbocycles. The van der Waals surface area contributed by atoms with E-state index in [0.717, 1.165) is 67.4 Å². The maximum absolute atomic E-state index is 5.37. The average molecular weight is 531 g/mol. The third-order valence-electron chi connectivity index (χ3n) is 9.82. The van der Waals surface area contributed by atoms with E-state index in [0.29, 0.717) is 0 Å². The fraction of sp³-hybridized carbons (Fsp3) is 0.216. The fourth-order valence-electron chi connectivity index (χ4n) is 7.59. The number of rotatable bonds is 3. The molecule has 41 heavy (non-hydrogen) atoms.